The molecule has 2 fully saturated rings. The van der Waals surface area contributed by atoms with Crippen LogP contribution in [0.4, 0.5) is 8.78 Å². The van der Waals surface area contributed by atoms with Crippen LogP contribution in [0.1, 0.15) is 49.7 Å². The van der Waals surface area contributed by atoms with Crippen LogP contribution in [0, 0.1) is 19.3 Å². The summed E-state index contributed by atoms with van der Waals surface area (Å²) in [6.45, 7) is 5.05. The molecule has 0 aromatic heterocycles. The predicted molar refractivity (Wildman–Crippen MR) is 93.1 cm³/mol. The lowest BCUT2D eigenvalue weighted by molar-refractivity contribution is -0.153. The molecule has 25 heavy (non-hydrogen) atoms. The first kappa shape index (κ1) is 18.2. The van der Waals surface area contributed by atoms with Crippen LogP contribution in [0.5, 0.6) is 5.75 Å². The van der Waals surface area contributed by atoms with E-state index in [9.17, 15) is 13.6 Å². The Bertz CT molecular complexity index is 598. The van der Waals surface area contributed by atoms with Gasteiger partial charge in [0.25, 0.3) is 6.43 Å². The molecule has 0 unspecified atom stereocenters. The molecule has 1 aromatic carbocycles. The number of carbonyl (C=O) groups is 1. The van der Waals surface area contributed by atoms with Crippen LogP contribution in [0.25, 0.3) is 0 Å². The number of alkyl halides is 2. The Morgan fingerprint density at radius 1 is 1.16 bits per heavy atom. The summed E-state index contributed by atoms with van der Waals surface area (Å²) in [6, 6.07) is 6.05. The van der Waals surface area contributed by atoms with Crippen molar-refractivity contribution in [2.75, 3.05) is 13.1 Å². The minimum absolute atomic E-state index is 0.0370. The number of nitrogens with zero attached hydrogens (tertiary/aromatic N) is 1. The van der Waals surface area contributed by atoms with E-state index in [2.05, 4.69) is 0 Å². The van der Waals surface area contributed by atoms with Gasteiger partial charge < -0.3 is 9.64 Å². The number of hydrogen-bond acceptors (Lipinski definition) is 2. The topological polar surface area (TPSA) is 29.5 Å². The van der Waals surface area contributed by atoms with Gasteiger partial charge in [0, 0.05) is 25.9 Å². The van der Waals surface area contributed by atoms with E-state index >= 15 is 0 Å². The zero-order valence-corrected chi connectivity index (χ0v) is 15.1. The maximum absolute atomic E-state index is 13.6. The van der Waals surface area contributed by atoms with Gasteiger partial charge in [-0.2, -0.15) is 0 Å². The first-order chi connectivity index (χ1) is 11.9. The Morgan fingerprint density at radius 3 is 2.24 bits per heavy atom. The van der Waals surface area contributed by atoms with Crippen molar-refractivity contribution in [1.29, 1.82) is 0 Å². The summed E-state index contributed by atoms with van der Waals surface area (Å²) in [5.41, 5.74) is 0.766. The second-order valence-electron chi connectivity index (χ2n) is 7.49. The third kappa shape index (κ3) is 3.51. The molecule has 0 atom stereocenters. The van der Waals surface area contributed by atoms with Gasteiger partial charge in [0.1, 0.15) is 17.3 Å². The van der Waals surface area contributed by atoms with E-state index in [4.69, 9.17) is 4.74 Å². The van der Waals surface area contributed by atoms with Gasteiger partial charge in [-0.1, -0.05) is 31.0 Å². The summed E-state index contributed by atoms with van der Waals surface area (Å²) in [5, 5.41) is 0. The van der Waals surface area contributed by atoms with E-state index in [-0.39, 0.29) is 12.0 Å². The molecule has 1 amide bonds. The Morgan fingerprint density at radius 2 is 1.72 bits per heavy atom. The molecular weight excluding hydrogens is 324 g/mol. The zero-order valence-electron chi connectivity index (χ0n) is 15.1. The molecule has 1 saturated carbocycles. The van der Waals surface area contributed by atoms with Gasteiger partial charge >= 0.3 is 0 Å². The third-order valence-corrected chi connectivity index (χ3v) is 5.76. The number of aryl methyl sites for hydroxylation is 2. The number of piperidine rings is 1. The highest BCUT2D eigenvalue weighted by atomic mass is 19.3. The summed E-state index contributed by atoms with van der Waals surface area (Å²) < 4.78 is 33.3. The van der Waals surface area contributed by atoms with Crippen LogP contribution in [0.3, 0.4) is 0 Å². The van der Waals surface area contributed by atoms with E-state index in [1.165, 1.54) is 0 Å². The van der Waals surface area contributed by atoms with Crippen molar-refractivity contribution in [3.05, 3.63) is 29.3 Å². The summed E-state index contributed by atoms with van der Waals surface area (Å²) in [7, 11) is 0. The van der Waals surface area contributed by atoms with E-state index in [1.54, 1.807) is 4.90 Å². The molecule has 1 aliphatic heterocycles. The second kappa shape index (κ2) is 7.30. The van der Waals surface area contributed by atoms with Gasteiger partial charge in [0.05, 0.1) is 0 Å². The summed E-state index contributed by atoms with van der Waals surface area (Å²) >= 11 is 0. The average molecular weight is 351 g/mol. The molecule has 0 N–H and O–H groups in total. The fraction of sp³-hybridized carbons (Fsp3) is 0.650. The number of para-hydroxylation sites is 1. The van der Waals surface area contributed by atoms with Gasteiger partial charge in [-0.3, -0.25) is 4.79 Å². The van der Waals surface area contributed by atoms with Crippen LogP contribution < -0.4 is 4.74 Å². The molecule has 3 rings (SSSR count). The van der Waals surface area contributed by atoms with Crippen LogP contribution in [0.2, 0.25) is 0 Å². The van der Waals surface area contributed by atoms with E-state index in [1.807, 2.05) is 32.0 Å². The lowest BCUT2D eigenvalue weighted by Gasteiger charge is -2.38. The summed E-state index contributed by atoms with van der Waals surface area (Å²) in [4.78, 5) is 14.4. The highest BCUT2D eigenvalue weighted by Gasteiger charge is 2.51. The van der Waals surface area contributed by atoms with Crippen molar-refractivity contribution in [2.24, 2.45) is 5.41 Å². The number of rotatable bonds is 4. The molecule has 1 heterocycles. The minimum Gasteiger partial charge on any atom is -0.490 e. The van der Waals surface area contributed by atoms with E-state index in [0.29, 0.717) is 38.8 Å². The molecule has 0 bridgehead atoms. The molecular formula is C20H27F2NO2. The number of ether oxygens (including phenoxy) is 1. The standard InChI is InChI=1S/C20H27F2NO2/c1-14-6-5-7-15(2)17(14)25-16-8-12-23(13-9-16)19(24)20(18(21)22)10-3-4-11-20/h5-7,16,18H,3-4,8-13H2,1-2H3. The second-order valence-corrected chi connectivity index (χ2v) is 7.49. The molecule has 3 nitrogen and oxygen atoms in total. The maximum atomic E-state index is 13.6. The first-order valence-corrected chi connectivity index (χ1v) is 9.24. The molecule has 1 saturated heterocycles. The Hall–Kier alpha value is -1.65. The van der Waals surface area contributed by atoms with Crippen molar-refractivity contribution in [3.8, 4) is 5.75 Å². The molecule has 5 heteroatoms. The molecule has 2 aliphatic rings. The van der Waals surface area contributed by atoms with Gasteiger partial charge in [-0.25, -0.2) is 8.78 Å². The van der Waals surface area contributed by atoms with Crippen LogP contribution in [0.15, 0.2) is 18.2 Å². The monoisotopic (exact) mass is 351 g/mol. The molecule has 1 aromatic rings. The lowest BCUT2D eigenvalue weighted by Crippen LogP contribution is -2.50. The maximum Gasteiger partial charge on any atom is 0.252 e. The minimum atomic E-state index is -2.56. The number of likely N-dealkylation sites (tertiary alicyclic amines) is 1. The lowest BCUT2D eigenvalue weighted by atomic mass is 9.84. The Kier molecular flexibility index (Phi) is 5.30. The van der Waals surface area contributed by atoms with Gasteiger partial charge in [-0.05, 0) is 37.8 Å². The van der Waals surface area contributed by atoms with E-state index in [0.717, 1.165) is 29.7 Å². The van der Waals surface area contributed by atoms with E-state index < -0.39 is 11.8 Å². The first-order valence-electron chi connectivity index (χ1n) is 9.24. The van der Waals surface area contributed by atoms with Crippen LogP contribution in [-0.4, -0.2) is 36.4 Å². The smallest absolute Gasteiger partial charge is 0.252 e. The summed E-state index contributed by atoms with van der Waals surface area (Å²) in [5.74, 6) is 0.567. The Balaban J connectivity index is 1.61. The quantitative estimate of drug-likeness (QED) is 0.799. The molecule has 0 spiro atoms. The largest absolute Gasteiger partial charge is 0.490 e. The molecule has 0 radical (unpaired) electrons. The highest BCUT2D eigenvalue weighted by Crippen LogP contribution is 2.45. The Labute approximate surface area is 148 Å². The van der Waals surface area contributed by atoms with Gasteiger partial charge in [0.15, 0.2) is 0 Å². The van der Waals surface area contributed by atoms with Crippen molar-refractivity contribution in [1.82, 2.24) is 4.90 Å². The summed E-state index contributed by atoms with van der Waals surface area (Å²) in [6.07, 6.45) is 0.952. The number of amides is 1. The number of halogens is 2. The molecule has 138 valence electrons. The SMILES string of the molecule is Cc1cccc(C)c1OC1CCN(C(=O)C2(C(F)F)CCCC2)CC1. The van der Waals surface area contributed by atoms with Gasteiger partial charge in [-0.15, -0.1) is 0 Å². The van der Waals surface area contributed by atoms with Crippen molar-refractivity contribution < 1.29 is 18.3 Å². The van der Waals surface area contributed by atoms with Crippen molar-refractivity contribution in [2.45, 2.75) is 64.9 Å². The molecule has 1 aliphatic carbocycles. The van der Waals surface area contributed by atoms with Crippen LogP contribution >= 0.6 is 0 Å². The zero-order chi connectivity index (χ0) is 18.0. The average Bonchev–Trinajstić information content (AvgIpc) is 3.09. The normalized spacial score (nSPS) is 20.9. The number of carbonyl (C=O) groups excluding carboxylic acids is 1. The fourth-order valence-electron chi connectivity index (χ4n) is 4.17. The predicted octanol–water partition coefficient (Wildman–Crippen LogP) is 4.50. The van der Waals surface area contributed by atoms with Crippen molar-refractivity contribution >= 4 is 5.91 Å². The van der Waals surface area contributed by atoms with Crippen molar-refractivity contribution in [3.63, 3.8) is 0 Å². The highest BCUT2D eigenvalue weighted by molar-refractivity contribution is 5.83. The number of benzene rings is 1. The van der Waals surface area contributed by atoms with Gasteiger partial charge in [0.2, 0.25) is 5.91 Å². The fourth-order valence-corrected chi connectivity index (χ4v) is 4.17. The van der Waals surface area contributed by atoms with Crippen LogP contribution in [-0.2, 0) is 4.79 Å². The third-order valence-electron chi connectivity index (χ3n) is 5.76. The number of hydrogen-bond donors (Lipinski definition) is 0.